The molecule has 0 amide bonds. The third-order valence-corrected chi connectivity index (χ3v) is 1.95. The summed E-state index contributed by atoms with van der Waals surface area (Å²) in [5.41, 5.74) is 0. The molecule has 0 heterocycles. The molecule has 1 N–H and O–H groups in total. The van der Waals surface area contributed by atoms with E-state index in [9.17, 15) is 4.79 Å². The van der Waals surface area contributed by atoms with E-state index in [-0.39, 0.29) is 5.97 Å². The number of rotatable bonds is 9. The first-order valence-electron chi connectivity index (χ1n) is 5.61. The minimum atomic E-state index is -0.166. The lowest BCUT2D eigenvalue weighted by molar-refractivity contribution is -0.142. The Morgan fingerprint density at radius 1 is 1.40 bits per heavy atom. The van der Waals surface area contributed by atoms with Gasteiger partial charge in [-0.25, -0.2) is 0 Å². The molecule has 86 valence electrons. The van der Waals surface area contributed by atoms with Gasteiger partial charge in [0.15, 0.2) is 0 Å². The van der Waals surface area contributed by atoms with Gasteiger partial charge in [-0.05, 0) is 25.8 Å². The van der Waals surface area contributed by atoms with Crippen molar-refractivity contribution in [3.63, 3.8) is 0 Å². The summed E-state index contributed by atoms with van der Waals surface area (Å²) >= 11 is 0. The molecule has 0 aliphatic heterocycles. The van der Waals surface area contributed by atoms with Crippen LogP contribution in [0.3, 0.4) is 0 Å². The molecule has 15 heavy (non-hydrogen) atoms. The number of terminal acetylenes is 1. The fourth-order valence-electron chi connectivity index (χ4n) is 1.05. The van der Waals surface area contributed by atoms with Gasteiger partial charge < -0.3 is 10.1 Å². The molecule has 0 aliphatic rings. The van der Waals surface area contributed by atoms with Gasteiger partial charge in [0.1, 0.15) is 0 Å². The quantitative estimate of drug-likeness (QED) is 0.358. The average molecular weight is 211 g/mol. The Bertz CT molecular complexity index is 196. The van der Waals surface area contributed by atoms with Gasteiger partial charge in [-0.1, -0.05) is 13.3 Å². The second-order valence-electron chi connectivity index (χ2n) is 3.41. The Balaban J connectivity index is 3.14. The first kappa shape index (κ1) is 14.0. The number of hydrogen-bond acceptors (Lipinski definition) is 3. The van der Waals surface area contributed by atoms with Crippen molar-refractivity contribution in [2.24, 2.45) is 0 Å². The third-order valence-electron chi connectivity index (χ3n) is 1.95. The van der Waals surface area contributed by atoms with Crippen molar-refractivity contribution < 1.29 is 9.53 Å². The Morgan fingerprint density at radius 3 is 2.87 bits per heavy atom. The van der Waals surface area contributed by atoms with Gasteiger partial charge in [0, 0.05) is 6.42 Å². The largest absolute Gasteiger partial charge is 0.465 e. The van der Waals surface area contributed by atoms with Crippen LogP contribution < -0.4 is 5.32 Å². The van der Waals surface area contributed by atoms with Crippen molar-refractivity contribution in [1.29, 1.82) is 0 Å². The van der Waals surface area contributed by atoms with E-state index in [1.54, 1.807) is 0 Å². The molecule has 3 nitrogen and oxygen atoms in total. The van der Waals surface area contributed by atoms with Gasteiger partial charge in [-0.3, -0.25) is 4.79 Å². The van der Waals surface area contributed by atoms with Gasteiger partial charge in [0.25, 0.3) is 0 Å². The summed E-state index contributed by atoms with van der Waals surface area (Å²) in [6.45, 7) is 3.73. The second-order valence-corrected chi connectivity index (χ2v) is 3.41. The number of carbonyl (C=O) groups is 1. The number of ether oxygens (including phenoxy) is 1. The molecule has 0 radical (unpaired) electrons. The number of unbranched alkanes of at least 4 members (excludes halogenated alkanes) is 3. The minimum absolute atomic E-state index is 0.166. The highest BCUT2D eigenvalue weighted by molar-refractivity contribution is 5.71. The molecular formula is C12H21NO2. The molecule has 0 unspecified atom stereocenters. The molecule has 0 spiro atoms. The van der Waals surface area contributed by atoms with Gasteiger partial charge in [-0.15, -0.1) is 12.3 Å². The van der Waals surface area contributed by atoms with Crippen LogP contribution in [0.15, 0.2) is 0 Å². The summed E-state index contributed by atoms with van der Waals surface area (Å²) in [7, 11) is 0. The van der Waals surface area contributed by atoms with Crippen molar-refractivity contribution in [3.8, 4) is 12.3 Å². The maximum absolute atomic E-state index is 11.1. The van der Waals surface area contributed by atoms with Crippen LogP contribution in [-0.2, 0) is 9.53 Å². The van der Waals surface area contributed by atoms with Crippen molar-refractivity contribution in [2.45, 2.75) is 39.0 Å². The van der Waals surface area contributed by atoms with Gasteiger partial charge >= 0.3 is 5.97 Å². The lowest BCUT2D eigenvalue weighted by Gasteiger charge is -2.04. The van der Waals surface area contributed by atoms with Crippen LogP contribution in [0.5, 0.6) is 0 Å². The zero-order valence-electron chi connectivity index (χ0n) is 9.55. The third kappa shape index (κ3) is 10.9. The fraction of sp³-hybridized carbons (Fsp3) is 0.750. The normalized spacial score (nSPS) is 9.60. The van der Waals surface area contributed by atoms with E-state index < -0.39 is 0 Å². The molecule has 0 aromatic rings. The average Bonchev–Trinajstić information content (AvgIpc) is 2.23. The van der Waals surface area contributed by atoms with Gasteiger partial charge in [0.05, 0.1) is 13.2 Å². The van der Waals surface area contributed by atoms with E-state index in [0.29, 0.717) is 13.2 Å². The SMILES string of the molecule is C#CCCCCNCC(=O)OCCCC. The summed E-state index contributed by atoms with van der Waals surface area (Å²) in [6.07, 6.45) is 9.92. The Hall–Kier alpha value is -1.01. The first-order chi connectivity index (χ1) is 7.31. The zero-order valence-corrected chi connectivity index (χ0v) is 9.55. The van der Waals surface area contributed by atoms with E-state index in [1.807, 2.05) is 0 Å². The van der Waals surface area contributed by atoms with E-state index in [0.717, 1.165) is 38.6 Å². The number of hydrogen-bond donors (Lipinski definition) is 1. The Labute approximate surface area is 92.6 Å². The maximum atomic E-state index is 11.1. The van der Waals surface area contributed by atoms with Crippen molar-refractivity contribution in [3.05, 3.63) is 0 Å². The van der Waals surface area contributed by atoms with E-state index in [4.69, 9.17) is 11.2 Å². The number of nitrogens with one attached hydrogen (secondary N) is 1. The standard InChI is InChI=1S/C12H21NO2/c1-3-5-7-8-9-13-11-12(14)15-10-6-4-2/h1,13H,4-11H2,2H3. The second kappa shape index (κ2) is 11.1. The van der Waals surface area contributed by atoms with Crippen molar-refractivity contribution in [1.82, 2.24) is 5.32 Å². The van der Waals surface area contributed by atoms with Crippen LogP contribution in [-0.4, -0.2) is 25.7 Å². The lowest BCUT2D eigenvalue weighted by Crippen LogP contribution is -2.25. The molecule has 0 atom stereocenters. The summed E-state index contributed by atoms with van der Waals surface area (Å²) in [4.78, 5) is 11.1. The topological polar surface area (TPSA) is 38.3 Å². The Morgan fingerprint density at radius 2 is 2.20 bits per heavy atom. The predicted octanol–water partition coefficient (Wildman–Crippen LogP) is 1.72. The molecule has 3 heteroatoms. The molecule has 0 aliphatic carbocycles. The molecule has 0 aromatic carbocycles. The lowest BCUT2D eigenvalue weighted by atomic mass is 10.2. The minimum Gasteiger partial charge on any atom is -0.465 e. The van der Waals surface area contributed by atoms with Crippen LogP contribution in [0, 0.1) is 12.3 Å². The monoisotopic (exact) mass is 211 g/mol. The van der Waals surface area contributed by atoms with Crippen molar-refractivity contribution in [2.75, 3.05) is 19.7 Å². The number of carbonyl (C=O) groups excluding carboxylic acids is 1. The van der Waals surface area contributed by atoms with Crippen LogP contribution in [0.25, 0.3) is 0 Å². The molecule has 0 fully saturated rings. The van der Waals surface area contributed by atoms with Crippen molar-refractivity contribution >= 4 is 5.97 Å². The summed E-state index contributed by atoms with van der Waals surface area (Å²) in [5, 5.41) is 3.03. The summed E-state index contributed by atoms with van der Waals surface area (Å²) in [6, 6.07) is 0. The smallest absolute Gasteiger partial charge is 0.319 e. The highest BCUT2D eigenvalue weighted by Gasteiger charge is 2.00. The molecule has 0 bridgehead atoms. The molecule has 0 rings (SSSR count). The number of esters is 1. The Kier molecular flexibility index (Phi) is 10.3. The molecular weight excluding hydrogens is 190 g/mol. The van der Waals surface area contributed by atoms with Gasteiger partial charge in [0.2, 0.25) is 0 Å². The van der Waals surface area contributed by atoms with Crippen LogP contribution in [0.4, 0.5) is 0 Å². The highest BCUT2D eigenvalue weighted by Crippen LogP contribution is 1.91. The maximum Gasteiger partial charge on any atom is 0.319 e. The van der Waals surface area contributed by atoms with E-state index >= 15 is 0 Å². The van der Waals surface area contributed by atoms with Crippen LogP contribution >= 0.6 is 0 Å². The first-order valence-corrected chi connectivity index (χ1v) is 5.61. The predicted molar refractivity (Wildman–Crippen MR) is 61.4 cm³/mol. The van der Waals surface area contributed by atoms with Crippen LogP contribution in [0.1, 0.15) is 39.0 Å². The van der Waals surface area contributed by atoms with E-state index in [1.165, 1.54) is 0 Å². The van der Waals surface area contributed by atoms with E-state index in [2.05, 4.69) is 18.2 Å². The molecule has 0 saturated heterocycles. The fourth-order valence-corrected chi connectivity index (χ4v) is 1.05. The summed E-state index contributed by atoms with van der Waals surface area (Å²) < 4.78 is 4.98. The molecule has 0 aromatic heterocycles. The molecule has 0 saturated carbocycles. The highest BCUT2D eigenvalue weighted by atomic mass is 16.5. The van der Waals surface area contributed by atoms with Gasteiger partial charge in [-0.2, -0.15) is 0 Å². The zero-order chi connectivity index (χ0) is 11.4. The van der Waals surface area contributed by atoms with Crippen LogP contribution in [0.2, 0.25) is 0 Å². The summed E-state index contributed by atoms with van der Waals surface area (Å²) in [5.74, 6) is 2.42.